The smallest absolute Gasteiger partial charge is 0.223 e. The summed E-state index contributed by atoms with van der Waals surface area (Å²) in [6, 6.07) is 6.67. The van der Waals surface area contributed by atoms with Gasteiger partial charge in [-0.1, -0.05) is 18.9 Å². The van der Waals surface area contributed by atoms with Gasteiger partial charge in [-0.3, -0.25) is 4.98 Å². The Morgan fingerprint density at radius 3 is 2.79 bits per heavy atom. The Hall–Kier alpha value is -2.87. The number of hydrogen-bond donors (Lipinski definition) is 0. The van der Waals surface area contributed by atoms with E-state index < -0.39 is 0 Å². The second kappa shape index (κ2) is 5.97. The summed E-state index contributed by atoms with van der Waals surface area (Å²) in [4.78, 5) is 8.58. The normalized spacial score (nSPS) is 14.8. The van der Waals surface area contributed by atoms with Crippen molar-refractivity contribution < 1.29 is 4.74 Å². The minimum atomic E-state index is 0.428. The molecule has 0 N–H and O–H groups in total. The summed E-state index contributed by atoms with van der Waals surface area (Å²) < 4.78 is 7.77. The van der Waals surface area contributed by atoms with Crippen molar-refractivity contribution in [3.63, 3.8) is 0 Å². The molecule has 1 fully saturated rings. The van der Waals surface area contributed by atoms with E-state index in [1.165, 1.54) is 12.8 Å². The van der Waals surface area contributed by atoms with E-state index in [2.05, 4.69) is 26.8 Å². The van der Waals surface area contributed by atoms with Gasteiger partial charge in [-0.2, -0.15) is 5.26 Å². The number of aromatic nitrogens is 3. The van der Waals surface area contributed by atoms with Gasteiger partial charge in [0, 0.05) is 35.8 Å². The molecule has 120 valence electrons. The minimum Gasteiger partial charge on any atom is -0.480 e. The van der Waals surface area contributed by atoms with Crippen LogP contribution in [0.3, 0.4) is 0 Å². The summed E-state index contributed by atoms with van der Waals surface area (Å²) in [6.07, 6.45) is 12.1. The molecular formula is C19H18N4O. The van der Waals surface area contributed by atoms with Crippen LogP contribution in [0.15, 0.2) is 36.9 Å². The standard InChI is InChI=1S/C19H18N4O/c1-24-19-17-16(13-5-4-8-21-10-13)12-23(15-6-2-3-7-15)18(17)14(9-20)11-22-19/h4-5,8,10-12,15H,2-3,6-7H2,1H3. The Labute approximate surface area is 140 Å². The fourth-order valence-electron chi connectivity index (χ4n) is 3.71. The highest BCUT2D eigenvalue weighted by Gasteiger charge is 2.25. The second-order valence-electron chi connectivity index (χ2n) is 6.15. The molecule has 4 rings (SSSR count). The lowest BCUT2D eigenvalue weighted by atomic mass is 10.1. The molecule has 0 spiro atoms. The maximum Gasteiger partial charge on any atom is 0.223 e. The molecule has 0 saturated heterocycles. The maximum atomic E-state index is 9.59. The van der Waals surface area contributed by atoms with Gasteiger partial charge in [-0.05, 0) is 18.9 Å². The fourth-order valence-corrected chi connectivity index (χ4v) is 3.71. The van der Waals surface area contributed by atoms with E-state index >= 15 is 0 Å². The van der Waals surface area contributed by atoms with E-state index in [1.54, 1.807) is 19.5 Å². The van der Waals surface area contributed by atoms with Gasteiger partial charge in [-0.15, -0.1) is 0 Å². The number of fused-ring (bicyclic) bond motifs is 1. The molecule has 0 atom stereocenters. The molecule has 0 aliphatic heterocycles. The van der Waals surface area contributed by atoms with Crippen molar-refractivity contribution >= 4 is 10.9 Å². The zero-order valence-electron chi connectivity index (χ0n) is 13.6. The quantitative estimate of drug-likeness (QED) is 0.729. The summed E-state index contributed by atoms with van der Waals surface area (Å²) in [5, 5.41) is 10.5. The first-order chi connectivity index (χ1) is 11.8. The van der Waals surface area contributed by atoms with Crippen LogP contribution in [0.25, 0.3) is 22.0 Å². The average molecular weight is 318 g/mol. The molecule has 1 saturated carbocycles. The first-order valence-electron chi connectivity index (χ1n) is 8.21. The number of methoxy groups -OCH3 is 1. The van der Waals surface area contributed by atoms with Gasteiger partial charge in [0.05, 0.1) is 29.8 Å². The zero-order chi connectivity index (χ0) is 16.5. The molecule has 3 heterocycles. The summed E-state index contributed by atoms with van der Waals surface area (Å²) in [5.41, 5.74) is 3.55. The van der Waals surface area contributed by atoms with Gasteiger partial charge in [0.15, 0.2) is 0 Å². The fraction of sp³-hybridized carbons (Fsp3) is 0.316. The lowest BCUT2D eigenvalue weighted by Gasteiger charge is -2.14. The van der Waals surface area contributed by atoms with E-state index in [4.69, 9.17) is 4.74 Å². The molecule has 5 nitrogen and oxygen atoms in total. The van der Waals surface area contributed by atoms with Crippen molar-refractivity contribution in [3.05, 3.63) is 42.5 Å². The zero-order valence-corrected chi connectivity index (χ0v) is 13.6. The molecule has 0 radical (unpaired) electrons. The number of pyridine rings is 2. The van der Waals surface area contributed by atoms with E-state index in [9.17, 15) is 5.26 Å². The summed E-state index contributed by atoms with van der Waals surface area (Å²) in [6.45, 7) is 0. The third kappa shape index (κ3) is 2.23. The van der Waals surface area contributed by atoms with Crippen molar-refractivity contribution in [3.8, 4) is 23.1 Å². The molecule has 1 aliphatic carbocycles. The molecule has 0 amide bonds. The van der Waals surface area contributed by atoms with Crippen LogP contribution in [0.1, 0.15) is 37.3 Å². The predicted octanol–water partition coefficient (Wildman–Crippen LogP) is 4.09. The third-order valence-electron chi connectivity index (χ3n) is 4.82. The Morgan fingerprint density at radius 1 is 1.29 bits per heavy atom. The highest BCUT2D eigenvalue weighted by molar-refractivity contribution is 6.01. The Morgan fingerprint density at radius 2 is 2.12 bits per heavy atom. The summed E-state index contributed by atoms with van der Waals surface area (Å²) in [5.74, 6) is 0.555. The molecular weight excluding hydrogens is 300 g/mol. The SMILES string of the molecule is COc1ncc(C#N)c2c1c(-c1cccnc1)cn2C1CCCC1. The molecule has 24 heavy (non-hydrogen) atoms. The largest absolute Gasteiger partial charge is 0.480 e. The van der Waals surface area contributed by atoms with E-state index in [0.29, 0.717) is 17.5 Å². The third-order valence-corrected chi connectivity index (χ3v) is 4.82. The van der Waals surface area contributed by atoms with Crippen molar-refractivity contribution in [2.24, 2.45) is 0 Å². The van der Waals surface area contributed by atoms with Crippen molar-refractivity contribution in [2.45, 2.75) is 31.7 Å². The van der Waals surface area contributed by atoms with Crippen LogP contribution in [0, 0.1) is 11.3 Å². The monoisotopic (exact) mass is 318 g/mol. The first kappa shape index (κ1) is 14.7. The molecule has 0 unspecified atom stereocenters. The van der Waals surface area contributed by atoms with E-state index in [0.717, 1.165) is 34.9 Å². The summed E-state index contributed by atoms with van der Waals surface area (Å²) >= 11 is 0. The number of nitrogens with zero attached hydrogens (tertiary/aromatic N) is 4. The highest BCUT2D eigenvalue weighted by atomic mass is 16.5. The van der Waals surface area contributed by atoms with Crippen LogP contribution in [0.2, 0.25) is 0 Å². The Balaban J connectivity index is 2.07. The van der Waals surface area contributed by atoms with Crippen LogP contribution in [0.4, 0.5) is 0 Å². The maximum absolute atomic E-state index is 9.59. The molecule has 3 aromatic heterocycles. The van der Waals surface area contributed by atoms with Crippen LogP contribution in [-0.4, -0.2) is 21.6 Å². The number of rotatable bonds is 3. The van der Waals surface area contributed by atoms with Crippen LogP contribution in [0.5, 0.6) is 5.88 Å². The Kier molecular flexibility index (Phi) is 3.66. The lowest BCUT2D eigenvalue weighted by molar-refractivity contribution is 0.403. The average Bonchev–Trinajstić information content (AvgIpc) is 3.29. The molecule has 1 aliphatic rings. The van der Waals surface area contributed by atoms with Gasteiger partial charge in [0.1, 0.15) is 6.07 Å². The molecule has 5 heteroatoms. The molecule has 0 bridgehead atoms. The Bertz CT molecular complexity index is 918. The van der Waals surface area contributed by atoms with Gasteiger partial charge in [0.2, 0.25) is 5.88 Å². The topological polar surface area (TPSA) is 63.7 Å². The minimum absolute atomic E-state index is 0.428. The van der Waals surface area contributed by atoms with Crippen molar-refractivity contribution in [1.82, 2.24) is 14.5 Å². The van der Waals surface area contributed by atoms with Crippen molar-refractivity contribution in [2.75, 3.05) is 7.11 Å². The first-order valence-corrected chi connectivity index (χ1v) is 8.21. The lowest BCUT2D eigenvalue weighted by Crippen LogP contribution is -2.04. The molecule has 0 aromatic carbocycles. The molecule has 3 aromatic rings. The van der Waals surface area contributed by atoms with Gasteiger partial charge >= 0.3 is 0 Å². The van der Waals surface area contributed by atoms with Gasteiger partial charge < -0.3 is 9.30 Å². The van der Waals surface area contributed by atoms with Crippen LogP contribution in [-0.2, 0) is 0 Å². The van der Waals surface area contributed by atoms with Crippen molar-refractivity contribution in [1.29, 1.82) is 5.26 Å². The second-order valence-corrected chi connectivity index (χ2v) is 6.15. The number of hydrogen-bond acceptors (Lipinski definition) is 4. The van der Waals surface area contributed by atoms with Gasteiger partial charge in [0.25, 0.3) is 0 Å². The highest BCUT2D eigenvalue weighted by Crippen LogP contribution is 2.41. The number of ether oxygens (including phenoxy) is 1. The number of nitriles is 1. The van der Waals surface area contributed by atoms with Gasteiger partial charge in [-0.25, -0.2) is 4.98 Å². The van der Waals surface area contributed by atoms with E-state index in [-0.39, 0.29) is 0 Å². The summed E-state index contributed by atoms with van der Waals surface area (Å²) in [7, 11) is 1.62. The predicted molar refractivity (Wildman–Crippen MR) is 91.7 cm³/mol. The van der Waals surface area contributed by atoms with E-state index in [1.807, 2.05) is 18.3 Å². The van der Waals surface area contributed by atoms with Crippen LogP contribution < -0.4 is 4.74 Å². The van der Waals surface area contributed by atoms with Crippen LogP contribution >= 0.6 is 0 Å².